The molecule has 0 saturated carbocycles. The lowest BCUT2D eigenvalue weighted by Crippen LogP contribution is -2.43. The highest BCUT2D eigenvalue weighted by atomic mass is 32.2. The predicted molar refractivity (Wildman–Crippen MR) is 64.1 cm³/mol. The van der Waals surface area contributed by atoms with Crippen LogP contribution in [0.4, 0.5) is 10.1 Å². The third-order valence-electron chi connectivity index (χ3n) is 3.04. The molecule has 0 radical (unpaired) electrons. The molecule has 0 bridgehead atoms. The lowest BCUT2D eigenvalue weighted by Gasteiger charge is -2.32. The summed E-state index contributed by atoms with van der Waals surface area (Å²) in [4.78, 5) is 0.0362. The first-order valence-corrected chi connectivity index (χ1v) is 7.01. The van der Waals surface area contributed by atoms with Crippen molar-refractivity contribution in [3.8, 4) is 0 Å². The Bertz CT molecular complexity index is 530. The molecule has 0 aliphatic carbocycles. The first-order valence-electron chi connectivity index (χ1n) is 5.47. The molecule has 0 saturated heterocycles. The summed E-state index contributed by atoms with van der Waals surface area (Å²) in [7, 11) is -3.50. The zero-order valence-electron chi connectivity index (χ0n) is 9.48. The molecule has 1 heterocycles. The van der Waals surface area contributed by atoms with E-state index < -0.39 is 20.9 Å². The molecule has 0 fully saturated rings. The summed E-state index contributed by atoms with van der Waals surface area (Å²) in [5, 5.41) is 2.48. The fraction of sp³-hybridized carbons (Fsp3) is 0.455. The minimum Gasteiger partial charge on any atom is -0.380 e. The van der Waals surface area contributed by atoms with Crippen molar-refractivity contribution in [2.45, 2.75) is 29.5 Å². The van der Waals surface area contributed by atoms with Crippen LogP contribution in [-0.4, -0.2) is 26.3 Å². The van der Waals surface area contributed by atoms with Gasteiger partial charge in [-0.25, -0.2) is 12.8 Å². The standard InChI is InChI=1S/C11H15FN2O2S/c1-7-10(4-5-13)17(15,16)11-6-8(12)2-3-9(11)14-7/h2-3,6-7,10,14H,4-5,13H2,1H3. The third kappa shape index (κ3) is 2.02. The van der Waals surface area contributed by atoms with E-state index in [-0.39, 0.29) is 10.9 Å². The summed E-state index contributed by atoms with van der Waals surface area (Å²) in [6.45, 7) is 2.09. The van der Waals surface area contributed by atoms with Crippen LogP contribution < -0.4 is 11.1 Å². The van der Waals surface area contributed by atoms with Crippen LogP contribution in [0.3, 0.4) is 0 Å². The first kappa shape index (κ1) is 12.3. The number of anilines is 1. The van der Waals surface area contributed by atoms with E-state index >= 15 is 0 Å². The van der Waals surface area contributed by atoms with Crippen molar-refractivity contribution in [2.24, 2.45) is 5.73 Å². The van der Waals surface area contributed by atoms with Gasteiger partial charge in [0, 0.05) is 6.04 Å². The molecule has 0 aromatic heterocycles. The molecular formula is C11H15FN2O2S. The van der Waals surface area contributed by atoms with Gasteiger partial charge in [0.15, 0.2) is 9.84 Å². The number of hydrogen-bond acceptors (Lipinski definition) is 4. The third-order valence-corrected chi connectivity index (χ3v) is 5.43. The van der Waals surface area contributed by atoms with E-state index in [0.29, 0.717) is 18.7 Å². The van der Waals surface area contributed by atoms with E-state index in [4.69, 9.17) is 5.73 Å². The van der Waals surface area contributed by atoms with Crippen molar-refractivity contribution in [1.29, 1.82) is 0 Å². The number of rotatable bonds is 2. The van der Waals surface area contributed by atoms with E-state index in [0.717, 1.165) is 6.07 Å². The quantitative estimate of drug-likeness (QED) is 0.834. The second-order valence-corrected chi connectivity index (χ2v) is 6.37. The number of hydrogen-bond donors (Lipinski definition) is 2. The first-order chi connectivity index (χ1) is 7.96. The van der Waals surface area contributed by atoms with Gasteiger partial charge in [-0.15, -0.1) is 0 Å². The molecule has 17 heavy (non-hydrogen) atoms. The number of nitrogens with two attached hydrogens (primary N) is 1. The molecule has 1 aromatic rings. The SMILES string of the molecule is CC1Nc2ccc(F)cc2S(=O)(=O)C1CCN. The van der Waals surface area contributed by atoms with Crippen molar-refractivity contribution < 1.29 is 12.8 Å². The van der Waals surface area contributed by atoms with Crippen LogP contribution in [-0.2, 0) is 9.84 Å². The lowest BCUT2D eigenvalue weighted by molar-refractivity contribution is 0.545. The van der Waals surface area contributed by atoms with Gasteiger partial charge in [-0.1, -0.05) is 0 Å². The number of halogens is 1. The monoisotopic (exact) mass is 258 g/mol. The summed E-state index contributed by atoms with van der Waals surface area (Å²) >= 11 is 0. The Kier molecular flexibility index (Phi) is 3.09. The van der Waals surface area contributed by atoms with Gasteiger partial charge in [-0.3, -0.25) is 0 Å². The number of sulfone groups is 1. The van der Waals surface area contributed by atoms with Crippen LogP contribution in [0.5, 0.6) is 0 Å². The van der Waals surface area contributed by atoms with Crippen LogP contribution in [0, 0.1) is 5.82 Å². The van der Waals surface area contributed by atoms with Crippen molar-refractivity contribution in [1.82, 2.24) is 0 Å². The van der Waals surface area contributed by atoms with E-state index in [1.165, 1.54) is 12.1 Å². The lowest BCUT2D eigenvalue weighted by atomic mass is 10.1. The molecule has 4 nitrogen and oxygen atoms in total. The molecule has 94 valence electrons. The maximum absolute atomic E-state index is 13.1. The average Bonchev–Trinajstić information content (AvgIpc) is 2.26. The van der Waals surface area contributed by atoms with E-state index in [1.54, 1.807) is 6.92 Å². The van der Waals surface area contributed by atoms with Crippen molar-refractivity contribution in [3.63, 3.8) is 0 Å². The Morgan fingerprint density at radius 2 is 2.18 bits per heavy atom. The van der Waals surface area contributed by atoms with Crippen LogP contribution in [0.25, 0.3) is 0 Å². The number of benzene rings is 1. The minimum absolute atomic E-state index is 0.0362. The Morgan fingerprint density at radius 1 is 1.47 bits per heavy atom. The fourth-order valence-corrected chi connectivity index (χ4v) is 4.28. The van der Waals surface area contributed by atoms with Gasteiger partial charge in [-0.2, -0.15) is 0 Å². The molecule has 0 spiro atoms. The molecule has 2 rings (SSSR count). The summed E-state index contributed by atoms with van der Waals surface area (Å²) in [6.07, 6.45) is 0.368. The second-order valence-electron chi connectivity index (χ2n) is 4.23. The van der Waals surface area contributed by atoms with Gasteiger partial charge in [-0.05, 0) is 38.1 Å². The van der Waals surface area contributed by atoms with E-state index in [2.05, 4.69) is 5.32 Å². The molecular weight excluding hydrogens is 243 g/mol. The second kappa shape index (κ2) is 4.27. The maximum atomic E-state index is 13.1. The highest BCUT2D eigenvalue weighted by molar-refractivity contribution is 7.92. The zero-order valence-corrected chi connectivity index (χ0v) is 10.3. The summed E-state index contributed by atoms with van der Waals surface area (Å²) < 4.78 is 37.7. The molecule has 1 aromatic carbocycles. The van der Waals surface area contributed by atoms with Gasteiger partial charge in [0.05, 0.1) is 15.8 Å². The van der Waals surface area contributed by atoms with E-state index in [9.17, 15) is 12.8 Å². The largest absolute Gasteiger partial charge is 0.380 e. The van der Waals surface area contributed by atoms with Gasteiger partial charge >= 0.3 is 0 Å². The molecule has 2 atom stereocenters. The highest BCUT2D eigenvalue weighted by Gasteiger charge is 2.38. The van der Waals surface area contributed by atoms with Crippen LogP contribution >= 0.6 is 0 Å². The zero-order chi connectivity index (χ0) is 12.6. The normalized spacial score (nSPS) is 26.1. The van der Waals surface area contributed by atoms with Crippen LogP contribution in [0.15, 0.2) is 23.1 Å². The Morgan fingerprint density at radius 3 is 2.82 bits per heavy atom. The number of fused-ring (bicyclic) bond motifs is 1. The molecule has 0 amide bonds. The predicted octanol–water partition coefficient (Wildman–Crippen LogP) is 1.13. The molecule has 1 aliphatic heterocycles. The molecule has 2 unspecified atom stereocenters. The van der Waals surface area contributed by atoms with E-state index in [1.807, 2.05) is 0 Å². The van der Waals surface area contributed by atoms with Crippen molar-refractivity contribution >= 4 is 15.5 Å². The molecule has 1 aliphatic rings. The Labute approximate surface area is 99.9 Å². The Hall–Kier alpha value is -1.14. The number of nitrogens with one attached hydrogen (secondary N) is 1. The average molecular weight is 258 g/mol. The fourth-order valence-electron chi connectivity index (χ4n) is 2.19. The minimum atomic E-state index is -3.50. The van der Waals surface area contributed by atoms with Gasteiger partial charge < -0.3 is 11.1 Å². The van der Waals surface area contributed by atoms with Gasteiger partial charge in [0.2, 0.25) is 0 Å². The summed E-state index contributed by atoms with van der Waals surface area (Å²) in [6, 6.07) is 3.54. The van der Waals surface area contributed by atoms with Crippen LogP contribution in [0.1, 0.15) is 13.3 Å². The maximum Gasteiger partial charge on any atom is 0.185 e. The summed E-state index contributed by atoms with van der Waals surface area (Å²) in [5.41, 5.74) is 5.89. The van der Waals surface area contributed by atoms with Gasteiger partial charge in [0.1, 0.15) is 5.82 Å². The van der Waals surface area contributed by atoms with Crippen molar-refractivity contribution in [2.75, 3.05) is 11.9 Å². The molecule has 3 N–H and O–H groups in total. The van der Waals surface area contributed by atoms with Gasteiger partial charge in [0.25, 0.3) is 0 Å². The topological polar surface area (TPSA) is 72.2 Å². The summed E-state index contributed by atoms with van der Waals surface area (Å²) in [5.74, 6) is -0.546. The van der Waals surface area contributed by atoms with Crippen molar-refractivity contribution in [3.05, 3.63) is 24.0 Å². The highest BCUT2D eigenvalue weighted by Crippen LogP contribution is 2.34. The Balaban J connectivity index is 2.55. The molecule has 6 heteroatoms. The smallest absolute Gasteiger partial charge is 0.185 e. The van der Waals surface area contributed by atoms with Crippen LogP contribution in [0.2, 0.25) is 0 Å².